The summed E-state index contributed by atoms with van der Waals surface area (Å²) in [7, 11) is 0. The van der Waals surface area contributed by atoms with Crippen molar-refractivity contribution in [2.24, 2.45) is 0 Å². The van der Waals surface area contributed by atoms with Crippen LogP contribution in [0.25, 0.3) is 0 Å². The maximum atomic E-state index is 6.06. The van der Waals surface area contributed by atoms with Crippen LogP contribution in [0.1, 0.15) is 5.56 Å². The molecule has 0 aliphatic carbocycles. The van der Waals surface area contributed by atoms with Gasteiger partial charge in [-0.2, -0.15) is 0 Å². The van der Waals surface area contributed by atoms with Gasteiger partial charge < -0.3 is 5.32 Å². The van der Waals surface area contributed by atoms with Crippen LogP contribution in [-0.2, 0) is 6.54 Å². The first-order chi connectivity index (χ1) is 8.16. The van der Waals surface area contributed by atoms with E-state index in [9.17, 15) is 0 Å². The zero-order valence-corrected chi connectivity index (χ0v) is 11.9. The molecule has 1 aromatic carbocycles. The largest absolute Gasteiger partial charge is 0.380 e. The number of nitrogens with zero attached hydrogens (tertiary/aromatic N) is 1. The summed E-state index contributed by atoms with van der Waals surface area (Å²) < 4.78 is 0.767. The molecule has 0 aliphatic rings. The molecule has 0 saturated heterocycles. The molecule has 0 aliphatic heterocycles. The summed E-state index contributed by atoms with van der Waals surface area (Å²) in [4.78, 5) is 4.04. The van der Waals surface area contributed by atoms with E-state index in [4.69, 9.17) is 23.2 Å². The molecule has 17 heavy (non-hydrogen) atoms. The van der Waals surface area contributed by atoms with Crippen LogP contribution in [0.2, 0.25) is 10.2 Å². The summed E-state index contributed by atoms with van der Waals surface area (Å²) in [5, 5.41) is 4.44. The average Bonchev–Trinajstić information content (AvgIpc) is 2.32. The lowest BCUT2D eigenvalue weighted by Gasteiger charge is -2.08. The normalized spacial score (nSPS) is 10.3. The Morgan fingerprint density at radius 1 is 1.24 bits per heavy atom. The number of hydrogen-bond donors (Lipinski definition) is 1. The smallest absolute Gasteiger partial charge is 0.143 e. The van der Waals surface area contributed by atoms with Crippen molar-refractivity contribution in [1.82, 2.24) is 4.98 Å². The van der Waals surface area contributed by atoms with Crippen molar-refractivity contribution in [3.05, 3.63) is 56.7 Å². The zero-order chi connectivity index (χ0) is 12.3. The van der Waals surface area contributed by atoms with Crippen LogP contribution in [0, 0.1) is 0 Å². The standard InChI is InChI=1S/C12H9BrCl2N2/c13-10-5-9(7-17-12(10)15)16-6-8-3-1-2-4-11(8)14/h1-5,7,16H,6H2. The van der Waals surface area contributed by atoms with Crippen molar-refractivity contribution in [2.75, 3.05) is 5.32 Å². The first-order valence-electron chi connectivity index (χ1n) is 4.95. The first kappa shape index (κ1) is 12.7. The Morgan fingerprint density at radius 3 is 2.71 bits per heavy atom. The van der Waals surface area contributed by atoms with Crippen LogP contribution in [0.15, 0.2) is 41.0 Å². The lowest BCUT2D eigenvalue weighted by atomic mass is 10.2. The van der Waals surface area contributed by atoms with E-state index in [0.29, 0.717) is 11.7 Å². The topological polar surface area (TPSA) is 24.9 Å². The lowest BCUT2D eigenvalue weighted by Crippen LogP contribution is -2.00. The highest BCUT2D eigenvalue weighted by atomic mass is 79.9. The predicted octanol–water partition coefficient (Wildman–Crippen LogP) is 4.76. The second kappa shape index (κ2) is 5.71. The Bertz CT molecular complexity index is 532. The molecule has 0 atom stereocenters. The summed E-state index contributed by atoms with van der Waals surface area (Å²) in [6.07, 6.45) is 1.68. The maximum absolute atomic E-state index is 6.06. The van der Waals surface area contributed by atoms with Crippen molar-refractivity contribution < 1.29 is 0 Å². The molecule has 1 aromatic heterocycles. The molecule has 5 heteroatoms. The van der Waals surface area contributed by atoms with Crippen LogP contribution in [0.4, 0.5) is 5.69 Å². The molecule has 0 spiro atoms. The van der Waals surface area contributed by atoms with E-state index < -0.39 is 0 Å². The highest BCUT2D eigenvalue weighted by Gasteiger charge is 2.02. The van der Waals surface area contributed by atoms with Crippen LogP contribution in [0.3, 0.4) is 0 Å². The van der Waals surface area contributed by atoms with E-state index in [1.54, 1.807) is 6.20 Å². The highest BCUT2D eigenvalue weighted by Crippen LogP contribution is 2.23. The molecule has 0 amide bonds. The van der Waals surface area contributed by atoms with Crippen LogP contribution >= 0.6 is 39.1 Å². The summed E-state index contributed by atoms with van der Waals surface area (Å²) >= 11 is 15.2. The van der Waals surface area contributed by atoms with E-state index in [1.807, 2.05) is 30.3 Å². The fourth-order valence-corrected chi connectivity index (χ4v) is 2.01. The Balaban J connectivity index is 2.08. The molecule has 1 N–H and O–H groups in total. The molecule has 2 nitrogen and oxygen atoms in total. The fourth-order valence-electron chi connectivity index (χ4n) is 1.36. The molecule has 0 fully saturated rings. The van der Waals surface area contributed by atoms with E-state index in [-0.39, 0.29) is 0 Å². The van der Waals surface area contributed by atoms with Gasteiger partial charge >= 0.3 is 0 Å². The maximum Gasteiger partial charge on any atom is 0.143 e. The molecular weight excluding hydrogens is 323 g/mol. The minimum atomic E-state index is 0.452. The number of benzene rings is 1. The van der Waals surface area contributed by atoms with Gasteiger partial charge in [0.05, 0.1) is 16.4 Å². The van der Waals surface area contributed by atoms with Gasteiger partial charge in [0, 0.05) is 11.6 Å². The molecule has 1 heterocycles. The zero-order valence-electron chi connectivity index (χ0n) is 8.75. The van der Waals surface area contributed by atoms with E-state index in [0.717, 1.165) is 20.7 Å². The Hall–Kier alpha value is -0.770. The van der Waals surface area contributed by atoms with E-state index in [1.165, 1.54) is 0 Å². The summed E-state index contributed by atoms with van der Waals surface area (Å²) in [6.45, 7) is 0.648. The Morgan fingerprint density at radius 2 is 2.00 bits per heavy atom. The van der Waals surface area contributed by atoms with Gasteiger partial charge in [0.25, 0.3) is 0 Å². The van der Waals surface area contributed by atoms with Gasteiger partial charge in [0.15, 0.2) is 0 Å². The van der Waals surface area contributed by atoms with Gasteiger partial charge in [-0.3, -0.25) is 0 Å². The third-order valence-corrected chi connectivity index (χ3v) is 3.74. The first-order valence-corrected chi connectivity index (χ1v) is 6.50. The van der Waals surface area contributed by atoms with E-state index >= 15 is 0 Å². The molecular formula is C12H9BrCl2N2. The quantitative estimate of drug-likeness (QED) is 0.820. The SMILES string of the molecule is Clc1ccccc1CNc1cnc(Cl)c(Br)c1. The van der Waals surface area contributed by atoms with Crippen molar-refractivity contribution in [3.8, 4) is 0 Å². The number of halogens is 3. The van der Waals surface area contributed by atoms with Gasteiger partial charge in [-0.15, -0.1) is 0 Å². The number of nitrogens with one attached hydrogen (secondary N) is 1. The molecule has 0 radical (unpaired) electrons. The average molecular weight is 332 g/mol. The fraction of sp³-hybridized carbons (Fsp3) is 0.0833. The monoisotopic (exact) mass is 330 g/mol. The van der Waals surface area contributed by atoms with E-state index in [2.05, 4.69) is 26.2 Å². The second-order valence-electron chi connectivity index (χ2n) is 3.44. The molecule has 0 unspecified atom stereocenters. The number of aromatic nitrogens is 1. The molecule has 2 rings (SSSR count). The summed E-state index contributed by atoms with van der Waals surface area (Å²) in [6, 6.07) is 9.60. The van der Waals surface area contributed by atoms with Crippen molar-refractivity contribution in [3.63, 3.8) is 0 Å². The third-order valence-electron chi connectivity index (χ3n) is 2.24. The minimum absolute atomic E-state index is 0.452. The lowest BCUT2D eigenvalue weighted by molar-refractivity contribution is 1.13. The number of anilines is 1. The van der Waals surface area contributed by atoms with Crippen molar-refractivity contribution in [1.29, 1.82) is 0 Å². The van der Waals surface area contributed by atoms with Crippen LogP contribution in [0.5, 0.6) is 0 Å². The molecule has 2 aromatic rings. The third kappa shape index (κ3) is 3.35. The van der Waals surface area contributed by atoms with Crippen molar-refractivity contribution in [2.45, 2.75) is 6.54 Å². The number of hydrogen-bond acceptors (Lipinski definition) is 2. The van der Waals surface area contributed by atoms with Gasteiger partial charge in [-0.1, -0.05) is 41.4 Å². The Labute approximate surface area is 118 Å². The summed E-state index contributed by atoms with van der Waals surface area (Å²) in [5.41, 5.74) is 1.93. The van der Waals surface area contributed by atoms with Crippen LogP contribution < -0.4 is 5.32 Å². The predicted molar refractivity (Wildman–Crippen MR) is 75.7 cm³/mol. The second-order valence-corrected chi connectivity index (χ2v) is 5.06. The summed E-state index contributed by atoms with van der Waals surface area (Å²) in [5.74, 6) is 0. The Kier molecular flexibility index (Phi) is 4.26. The molecule has 0 saturated carbocycles. The van der Waals surface area contributed by atoms with Crippen molar-refractivity contribution >= 4 is 44.8 Å². The number of rotatable bonds is 3. The molecule has 0 bridgehead atoms. The number of pyridine rings is 1. The highest BCUT2D eigenvalue weighted by molar-refractivity contribution is 9.10. The minimum Gasteiger partial charge on any atom is -0.380 e. The van der Waals surface area contributed by atoms with Gasteiger partial charge in [-0.25, -0.2) is 4.98 Å². The van der Waals surface area contributed by atoms with Crippen LogP contribution in [-0.4, -0.2) is 4.98 Å². The van der Waals surface area contributed by atoms with Gasteiger partial charge in [-0.05, 0) is 33.6 Å². The molecule has 88 valence electrons. The van der Waals surface area contributed by atoms with Gasteiger partial charge in [0.1, 0.15) is 5.15 Å². The van der Waals surface area contributed by atoms with Gasteiger partial charge in [0.2, 0.25) is 0 Å².